The van der Waals surface area contributed by atoms with Gasteiger partial charge in [-0.2, -0.15) is 13.2 Å². The Morgan fingerprint density at radius 2 is 1.96 bits per heavy atom. The first kappa shape index (κ1) is 21.0. The SMILES string of the molecule is Cc1noc(C)c1CCC(=O)N[C@@H](CC(C)C)c1cccc(C(F)(F)F)c1. The number of nitrogens with zero attached hydrogens (tertiary/aromatic N) is 1. The van der Waals surface area contributed by atoms with Gasteiger partial charge >= 0.3 is 6.18 Å². The van der Waals surface area contributed by atoms with E-state index in [1.54, 1.807) is 13.0 Å². The molecule has 148 valence electrons. The summed E-state index contributed by atoms with van der Waals surface area (Å²) in [5, 5.41) is 6.75. The quantitative estimate of drug-likeness (QED) is 0.721. The Morgan fingerprint density at radius 1 is 1.26 bits per heavy atom. The van der Waals surface area contributed by atoms with Crippen molar-refractivity contribution in [3.05, 3.63) is 52.4 Å². The van der Waals surface area contributed by atoms with E-state index in [0.717, 1.165) is 23.4 Å². The molecule has 0 aliphatic heterocycles. The van der Waals surface area contributed by atoms with E-state index < -0.39 is 17.8 Å². The minimum absolute atomic E-state index is 0.210. The van der Waals surface area contributed by atoms with Crippen LogP contribution in [0, 0.1) is 19.8 Å². The molecule has 0 saturated heterocycles. The van der Waals surface area contributed by atoms with Crippen LogP contribution in [0.1, 0.15) is 60.9 Å². The van der Waals surface area contributed by atoms with Gasteiger partial charge in [-0.25, -0.2) is 0 Å². The van der Waals surface area contributed by atoms with Gasteiger partial charge in [0.05, 0.1) is 17.3 Å². The van der Waals surface area contributed by atoms with Gasteiger partial charge in [0.1, 0.15) is 5.76 Å². The van der Waals surface area contributed by atoms with Crippen LogP contribution in [-0.4, -0.2) is 11.1 Å². The van der Waals surface area contributed by atoms with E-state index in [4.69, 9.17) is 4.52 Å². The molecular formula is C20H25F3N2O2. The van der Waals surface area contributed by atoms with Crippen molar-refractivity contribution in [3.8, 4) is 0 Å². The molecule has 0 spiro atoms. The maximum Gasteiger partial charge on any atom is 0.416 e. The number of hydrogen-bond donors (Lipinski definition) is 1. The van der Waals surface area contributed by atoms with Crippen LogP contribution in [0.4, 0.5) is 13.2 Å². The van der Waals surface area contributed by atoms with Crippen LogP contribution < -0.4 is 5.32 Å². The molecule has 0 radical (unpaired) electrons. The Balaban J connectivity index is 2.11. The molecule has 0 saturated carbocycles. The molecule has 2 rings (SSSR count). The van der Waals surface area contributed by atoms with Crippen LogP contribution in [-0.2, 0) is 17.4 Å². The van der Waals surface area contributed by atoms with Gasteiger partial charge in [-0.05, 0) is 50.3 Å². The maximum absolute atomic E-state index is 13.0. The average molecular weight is 382 g/mol. The van der Waals surface area contributed by atoms with Crippen molar-refractivity contribution in [2.45, 2.75) is 59.2 Å². The number of alkyl halides is 3. The van der Waals surface area contributed by atoms with Gasteiger partial charge in [-0.1, -0.05) is 31.1 Å². The highest BCUT2D eigenvalue weighted by atomic mass is 19.4. The van der Waals surface area contributed by atoms with Crippen molar-refractivity contribution in [3.63, 3.8) is 0 Å². The van der Waals surface area contributed by atoms with E-state index in [0.29, 0.717) is 24.2 Å². The van der Waals surface area contributed by atoms with Crippen LogP contribution in [0.2, 0.25) is 0 Å². The lowest BCUT2D eigenvalue weighted by Crippen LogP contribution is -2.30. The molecule has 1 heterocycles. The second-order valence-electron chi connectivity index (χ2n) is 7.18. The predicted molar refractivity (Wildman–Crippen MR) is 96.1 cm³/mol. The summed E-state index contributed by atoms with van der Waals surface area (Å²) in [7, 11) is 0. The summed E-state index contributed by atoms with van der Waals surface area (Å²) in [5.74, 6) is 0.683. The van der Waals surface area contributed by atoms with Crippen molar-refractivity contribution >= 4 is 5.91 Å². The first-order chi connectivity index (χ1) is 12.6. The molecule has 0 fully saturated rings. The summed E-state index contributed by atoms with van der Waals surface area (Å²) >= 11 is 0. The highest BCUT2D eigenvalue weighted by Gasteiger charge is 2.31. The zero-order chi connectivity index (χ0) is 20.2. The summed E-state index contributed by atoms with van der Waals surface area (Å²) in [4.78, 5) is 12.4. The minimum atomic E-state index is -4.41. The molecule has 2 aromatic rings. The number of aromatic nitrogens is 1. The zero-order valence-electron chi connectivity index (χ0n) is 16.0. The summed E-state index contributed by atoms with van der Waals surface area (Å²) < 4.78 is 44.1. The fourth-order valence-electron chi connectivity index (χ4n) is 3.05. The minimum Gasteiger partial charge on any atom is -0.361 e. The van der Waals surface area contributed by atoms with Crippen molar-refractivity contribution in [1.82, 2.24) is 10.5 Å². The van der Waals surface area contributed by atoms with Gasteiger partial charge in [-0.15, -0.1) is 0 Å². The Labute approximate surface area is 157 Å². The van der Waals surface area contributed by atoms with Crippen LogP contribution in [0.5, 0.6) is 0 Å². The second kappa shape index (κ2) is 8.59. The molecule has 4 nitrogen and oxygen atoms in total. The number of aryl methyl sites for hydroxylation is 2. The molecular weight excluding hydrogens is 357 g/mol. The second-order valence-corrected chi connectivity index (χ2v) is 7.18. The van der Waals surface area contributed by atoms with E-state index in [1.165, 1.54) is 6.07 Å². The topological polar surface area (TPSA) is 55.1 Å². The lowest BCUT2D eigenvalue weighted by Gasteiger charge is -2.22. The molecule has 0 bridgehead atoms. The number of amides is 1. The first-order valence-corrected chi connectivity index (χ1v) is 8.96. The number of nitrogens with one attached hydrogen (secondary N) is 1. The molecule has 1 aromatic heterocycles. The molecule has 27 heavy (non-hydrogen) atoms. The monoisotopic (exact) mass is 382 g/mol. The van der Waals surface area contributed by atoms with Gasteiger partial charge in [-0.3, -0.25) is 4.79 Å². The Bertz CT molecular complexity index is 762. The molecule has 1 N–H and O–H groups in total. The fraction of sp³-hybridized carbons (Fsp3) is 0.500. The summed E-state index contributed by atoms with van der Waals surface area (Å²) in [6.07, 6.45) is -3.16. The van der Waals surface area contributed by atoms with Crippen molar-refractivity contribution in [1.29, 1.82) is 0 Å². The Hall–Kier alpha value is -2.31. The largest absolute Gasteiger partial charge is 0.416 e. The molecule has 0 unspecified atom stereocenters. The molecule has 7 heteroatoms. The molecule has 1 aromatic carbocycles. The van der Waals surface area contributed by atoms with Crippen LogP contribution in [0.3, 0.4) is 0 Å². The van der Waals surface area contributed by atoms with Gasteiger partial charge < -0.3 is 9.84 Å². The lowest BCUT2D eigenvalue weighted by molar-refractivity contribution is -0.137. The van der Waals surface area contributed by atoms with Crippen molar-refractivity contribution < 1.29 is 22.5 Å². The Kier molecular flexibility index (Phi) is 6.68. The highest BCUT2D eigenvalue weighted by molar-refractivity contribution is 5.76. The van der Waals surface area contributed by atoms with E-state index in [-0.39, 0.29) is 18.2 Å². The van der Waals surface area contributed by atoms with Crippen LogP contribution in [0.15, 0.2) is 28.8 Å². The van der Waals surface area contributed by atoms with Crippen molar-refractivity contribution in [2.75, 3.05) is 0 Å². The predicted octanol–water partition coefficient (Wildman–Crippen LogP) is 5.15. The molecule has 0 aliphatic carbocycles. The van der Waals surface area contributed by atoms with E-state index in [2.05, 4.69) is 10.5 Å². The van der Waals surface area contributed by atoms with E-state index in [9.17, 15) is 18.0 Å². The number of rotatable bonds is 7. The summed E-state index contributed by atoms with van der Waals surface area (Å²) in [5.41, 5.74) is 1.39. The number of benzene rings is 1. The van der Waals surface area contributed by atoms with Crippen molar-refractivity contribution in [2.24, 2.45) is 5.92 Å². The normalized spacial score (nSPS) is 13.0. The average Bonchev–Trinajstić information content (AvgIpc) is 2.89. The standard InChI is InChI=1S/C20H25F3N2O2/c1-12(2)10-18(15-6-5-7-16(11-15)20(21,22)23)24-19(26)9-8-17-13(3)25-27-14(17)4/h5-7,11-12,18H,8-10H2,1-4H3,(H,24,26)/t18-/m0/s1. The van der Waals surface area contributed by atoms with Gasteiger partial charge in [0, 0.05) is 12.0 Å². The third kappa shape index (κ3) is 5.84. The molecule has 0 aliphatic rings. The molecule has 1 amide bonds. The first-order valence-electron chi connectivity index (χ1n) is 8.96. The number of hydrogen-bond acceptors (Lipinski definition) is 3. The van der Waals surface area contributed by atoms with E-state index >= 15 is 0 Å². The number of carbonyl (C=O) groups excluding carboxylic acids is 1. The van der Waals surface area contributed by atoms with Gasteiger partial charge in [0.2, 0.25) is 5.91 Å². The number of halogens is 3. The summed E-state index contributed by atoms with van der Waals surface area (Å²) in [6.45, 7) is 7.54. The summed E-state index contributed by atoms with van der Waals surface area (Å²) in [6, 6.07) is 4.68. The fourth-order valence-corrected chi connectivity index (χ4v) is 3.05. The van der Waals surface area contributed by atoms with Gasteiger partial charge in [0.15, 0.2) is 0 Å². The number of carbonyl (C=O) groups is 1. The highest BCUT2D eigenvalue weighted by Crippen LogP contribution is 2.32. The zero-order valence-corrected chi connectivity index (χ0v) is 16.0. The third-order valence-electron chi connectivity index (χ3n) is 4.44. The van der Waals surface area contributed by atoms with E-state index in [1.807, 2.05) is 20.8 Å². The maximum atomic E-state index is 13.0. The molecule has 1 atom stereocenters. The Morgan fingerprint density at radius 3 is 2.52 bits per heavy atom. The third-order valence-corrected chi connectivity index (χ3v) is 4.44. The van der Waals surface area contributed by atoms with Gasteiger partial charge in [0.25, 0.3) is 0 Å². The smallest absolute Gasteiger partial charge is 0.361 e. The van der Waals surface area contributed by atoms with Crippen LogP contribution >= 0.6 is 0 Å². The van der Waals surface area contributed by atoms with Crippen LogP contribution in [0.25, 0.3) is 0 Å². The lowest BCUT2D eigenvalue weighted by atomic mass is 9.95.